The number of pyridine rings is 1. The lowest BCUT2D eigenvalue weighted by Crippen LogP contribution is -2.23. The van der Waals surface area contributed by atoms with Gasteiger partial charge in [-0.15, -0.1) is 0 Å². The Bertz CT molecular complexity index is 466. The summed E-state index contributed by atoms with van der Waals surface area (Å²) >= 11 is 5.82. The van der Waals surface area contributed by atoms with Gasteiger partial charge in [-0.05, 0) is 33.8 Å². The highest BCUT2D eigenvalue weighted by Crippen LogP contribution is 2.28. The molecule has 0 radical (unpaired) electrons. The van der Waals surface area contributed by atoms with Crippen LogP contribution in [0.25, 0.3) is 0 Å². The summed E-state index contributed by atoms with van der Waals surface area (Å²) in [6.07, 6.45) is 0.0153. The van der Waals surface area contributed by atoms with Crippen molar-refractivity contribution in [3.05, 3.63) is 26.9 Å². The Balaban J connectivity index is 2.85. The minimum Gasteiger partial charge on any atom is -0.374 e. The number of nitrogens with zero attached hydrogens (tertiary/aromatic N) is 2. The van der Waals surface area contributed by atoms with E-state index in [1.165, 1.54) is 6.07 Å². The number of halogens is 1. The molecule has 1 aromatic heterocycles. The average molecular weight is 288 g/mol. The van der Waals surface area contributed by atoms with Gasteiger partial charge < -0.3 is 10.1 Å². The van der Waals surface area contributed by atoms with Gasteiger partial charge in [0.2, 0.25) is 5.82 Å². The van der Waals surface area contributed by atoms with Crippen LogP contribution in [0.4, 0.5) is 11.5 Å². The van der Waals surface area contributed by atoms with E-state index in [1.807, 2.05) is 20.8 Å². The Morgan fingerprint density at radius 3 is 2.68 bits per heavy atom. The minimum atomic E-state index is -0.463. The maximum Gasteiger partial charge on any atom is 0.314 e. The van der Waals surface area contributed by atoms with E-state index in [1.54, 1.807) is 6.92 Å². The largest absolute Gasteiger partial charge is 0.374 e. The molecule has 0 saturated heterocycles. The van der Waals surface area contributed by atoms with Gasteiger partial charge in [-0.1, -0.05) is 11.6 Å². The summed E-state index contributed by atoms with van der Waals surface area (Å²) in [5.74, 6) is 0.175. The van der Waals surface area contributed by atoms with Crippen LogP contribution in [0.3, 0.4) is 0 Å². The molecule has 0 saturated carbocycles. The molecule has 6 nitrogen and oxygen atoms in total. The molecule has 0 fully saturated rings. The van der Waals surface area contributed by atoms with Crippen molar-refractivity contribution in [2.24, 2.45) is 0 Å². The fraction of sp³-hybridized carbons (Fsp3) is 0.583. The van der Waals surface area contributed by atoms with E-state index in [0.29, 0.717) is 12.1 Å². The van der Waals surface area contributed by atoms with Crippen molar-refractivity contribution in [3.8, 4) is 0 Å². The third kappa shape index (κ3) is 4.65. The molecule has 0 aliphatic heterocycles. The first-order chi connectivity index (χ1) is 8.81. The minimum absolute atomic E-state index is 0.0545. The standard InChI is InChI=1S/C12H18ClN3O3/c1-7(2)19-9(4)6-14-12-11(16(17)18)8(3)5-10(13)15-12/h5,7,9H,6H2,1-4H3,(H,14,15). The molecule has 7 heteroatoms. The SMILES string of the molecule is Cc1cc(Cl)nc(NCC(C)OC(C)C)c1[N+](=O)[O-]. The number of nitro groups is 1. The van der Waals surface area contributed by atoms with Crippen LogP contribution in [0.2, 0.25) is 5.15 Å². The number of anilines is 1. The summed E-state index contributed by atoms with van der Waals surface area (Å²) in [5.41, 5.74) is 0.422. The lowest BCUT2D eigenvalue weighted by atomic mass is 10.2. The summed E-state index contributed by atoms with van der Waals surface area (Å²) in [6, 6.07) is 1.47. The first-order valence-corrected chi connectivity index (χ1v) is 6.40. The van der Waals surface area contributed by atoms with Gasteiger partial charge in [-0.2, -0.15) is 0 Å². The smallest absolute Gasteiger partial charge is 0.314 e. The molecular weight excluding hydrogens is 270 g/mol. The zero-order chi connectivity index (χ0) is 14.6. The van der Waals surface area contributed by atoms with Crippen LogP contribution in [-0.4, -0.2) is 28.7 Å². The van der Waals surface area contributed by atoms with Crippen LogP contribution in [0, 0.1) is 17.0 Å². The van der Waals surface area contributed by atoms with Crippen molar-refractivity contribution in [2.45, 2.75) is 39.9 Å². The first kappa shape index (κ1) is 15.7. The zero-order valence-electron chi connectivity index (χ0n) is 11.4. The van der Waals surface area contributed by atoms with Gasteiger partial charge in [0.25, 0.3) is 0 Å². The molecule has 0 aromatic carbocycles. The van der Waals surface area contributed by atoms with Crippen LogP contribution in [0.1, 0.15) is 26.3 Å². The molecule has 1 unspecified atom stereocenters. The molecule has 1 aromatic rings. The fourth-order valence-corrected chi connectivity index (χ4v) is 1.98. The summed E-state index contributed by atoms with van der Waals surface area (Å²) in [6.45, 7) is 7.80. The van der Waals surface area contributed by atoms with Crippen molar-refractivity contribution < 1.29 is 9.66 Å². The number of rotatable bonds is 6. The predicted octanol–water partition coefficient (Wildman–Crippen LogP) is 3.18. The second kappa shape index (κ2) is 6.68. The molecule has 0 aliphatic rings. The monoisotopic (exact) mass is 287 g/mol. The zero-order valence-corrected chi connectivity index (χ0v) is 12.2. The quantitative estimate of drug-likeness (QED) is 0.494. The third-order valence-corrected chi connectivity index (χ3v) is 2.59. The lowest BCUT2D eigenvalue weighted by Gasteiger charge is -2.17. The Kier molecular flexibility index (Phi) is 5.50. The maximum absolute atomic E-state index is 11.0. The molecule has 0 bridgehead atoms. The molecule has 106 valence electrons. The Morgan fingerprint density at radius 1 is 1.53 bits per heavy atom. The number of hydrogen-bond acceptors (Lipinski definition) is 5. The molecular formula is C12H18ClN3O3. The predicted molar refractivity (Wildman–Crippen MR) is 74.8 cm³/mol. The van der Waals surface area contributed by atoms with Crippen molar-refractivity contribution in [1.82, 2.24) is 4.98 Å². The van der Waals surface area contributed by atoms with Crippen molar-refractivity contribution in [3.63, 3.8) is 0 Å². The van der Waals surface area contributed by atoms with E-state index in [9.17, 15) is 10.1 Å². The van der Waals surface area contributed by atoms with Crippen molar-refractivity contribution in [2.75, 3.05) is 11.9 Å². The van der Waals surface area contributed by atoms with Gasteiger partial charge in [0.05, 0.1) is 17.1 Å². The topological polar surface area (TPSA) is 77.3 Å². The second-order valence-electron chi connectivity index (χ2n) is 4.59. The Labute approximate surface area is 117 Å². The Morgan fingerprint density at radius 2 is 2.16 bits per heavy atom. The maximum atomic E-state index is 11.0. The highest BCUT2D eigenvalue weighted by Gasteiger charge is 2.20. The molecule has 0 aliphatic carbocycles. The molecule has 1 atom stereocenters. The second-order valence-corrected chi connectivity index (χ2v) is 4.98. The van der Waals surface area contributed by atoms with E-state index in [0.717, 1.165) is 0 Å². The number of aromatic nitrogens is 1. The third-order valence-electron chi connectivity index (χ3n) is 2.40. The molecule has 1 rings (SSSR count). The average Bonchev–Trinajstić information content (AvgIpc) is 2.23. The Hall–Kier alpha value is -1.40. The molecule has 0 spiro atoms. The van der Waals surface area contributed by atoms with E-state index >= 15 is 0 Å². The van der Waals surface area contributed by atoms with E-state index in [4.69, 9.17) is 16.3 Å². The van der Waals surface area contributed by atoms with Crippen LogP contribution < -0.4 is 5.32 Å². The number of nitrogens with one attached hydrogen (secondary N) is 1. The summed E-state index contributed by atoms with van der Waals surface area (Å²) < 4.78 is 5.54. The van der Waals surface area contributed by atoms with Gasteiger partial charge >= 0.3 is 5.69 Å². The van der Waals surface area contributed by atoms with Gasteiger partial charge in [0, 0.05) is 12.1 Å². The van der Waals surface area contributed by atoms with Gasteiger partial charge in [-0.25, -0.2) is 4.98 Å². The van der Waals surface area contributed by atoms with Gasteiger partial charge in [0.15, 0.2) is 0 Å². The highest BCUT2D eigenvalue weighted by atomic mass is 35.5. The molecule has 1 N–H and O–H groups in total. The summed E-state index contributed by atoms with van der Waals surface area (Å²) in [5, 5.41) is 14.2. The van der Waals surface area contributed by atoms with E-state index in [2.05, 4.69) is 10.3 Å². The first-order valence-electron chi connectivity index (χ1n) is 6.02. The molecule has 1 heterocycles. The van der Waals surface area contributed by atoms with Crippen LogP contribution >= 0.6 is 11.6 Å². The van der Waals surface area contributed by atoms with E-state index < -0.39 is 4.92 Å². The van der Waals surface area contributed by atoms with Gasteiger partial charge in [-0.3, -0.25) is 10.1 Å². The van der Waals surface area contributed by atoms with Gasteiger partial charge in [0.1, 0.15) is 5.15 Å². The number of aryl methyl sites for hydroxylation is 1. The number of ether oxygens (including phenoxy) is 1. The number of hydrogen-bond donors (Lipinski definition) is 1. The van der Waals surface area contributed by atoms with Crippen LogP contribution in [0.5, 0.6) is 0 Å². The fourth-order valence-electron chi connectivity index (χ4n) is 1.73. The van der Waals surface area contributed by atoms with Crippen molar-refractivity contribution in [1.29, 1.82) is 0 Å². The molecule has 0 amide bonds. The lowest BCUT2D eigenvalue weighted by molar-refractivity contribution is -0.384. The van der Waals surface area contributed by atoms with Crippen molar-refractivity contribution >= 4 is 23.1 Å². The van der Waals surface area contributed by atoms with Crippen LogP contribution in [0.15, 0.2) is 6.07 Å². The molecule has 19 heavy (non-hydrogen) atoms. The summed E-state index contributed by atoms with van der Waals surface area (Å²) in [4.78, 5) is 14.5. The highest BCUT2D eigenvalue weighted by molar-refractivity contribution is 6.29. The summed E-state index contributed by atoms with van der Waals surface area (Å²) in [7, 11) is 0. The normalized spacial score (nSPS) is 12.5. The van der Waals surface area contributed by atoms with Crippen LogP contribution in [-0.2, 0) is 4.74 Å². The van der Waals surface area contributed by atoms with E-state index in [-0.39, 0.29) is 28.9 Å².